The van der Waals surface area contributed by atoms with E-state index in [0.29, 0.717) is 6.42 Å². The lowest BCUT2D eigenvalue weighted by Crippen LogP contribution is -2.26. The maximum Gasteiger partial charge on any atom is 0.220 e. The van der Waals surface area contributed by atoms with Crippen LogP contribution in [0.5, 0.6) is 0 Å². The van der Waals surface area contributed by atoms with E-state index in [1.54, 1.807) is 0 Å². The number of amides is 1. The highest BCUT2D eigenvalue weighted by molar-refractivity contribution is 5.75. The molecule has 3 heteroatoms. The smallest absolute Gasteiger partial charge is 0.220 e. The fourth-order valence-electron chi connectivity index (χ4n) is 2.37. The maximum atomic E-state index is 11.5. The zero-order valence-corrected chi connectivity index (χ0v) is 10.5. The topological polar surface area (TPSA) is 55.1 Å². The lowest BCUT2D eigenvalue weighted by Gasteiger charge is -2.09. The van der Waals surface area contributed by atoms with Crippen LogP contribution >= 0.6 is 0 Å². The minimum absolute atomic E-state index is 0.219. The first-order chi connectivity index (χ1) is 7.68. The van der Waals surface area contributed by atoms with Crippen molar-refractivity contribution in [1.29, 1.82) is 0 Å². The summed E-state index contributed by atoms with van der Waals surface area (Å²) in [5, 5.41) is 2.97. The van der Waals surface area contributed by atoms with E-state index in [1.165, 1.54) is 25.7 Å². The van der Waals surface area contributed by atoms with Gasteiger partial charge in [-0.25, -0.2) is 0 Å². The number of hydrogen-bond acceptors (Lipinski definition) is 2. The molecule has 0 aliphatic heterocycles. The van der Waals surface area contributed by atoms with Crippen LogP contribution in [0.1, 0.15) is 58.3 Å². The third-order valence-corrected chi connectivity index (χ3v) is 3.41. The molecule has 1 aliphatic rings. The number of rotatable bonds is 7. The van der Waals surface area contributed by atoms with Crippen molar-refractivity contribution < 1.29 is 4.79 Å². The van der Waals surface area contributed by atoms with E-state index in [-0.39, 0.29) is 11.9 Å². The van der Waals surface area contributed by atoms with Gasteiger partial charge in [0.2, 0.25) is 5.91 Å². The average Bonchev–Trinajstić information content (AvgIpc) is 2.74. The number of hydrogen-bond donors (Lipinski definition) is 2. The van der Waals surface area contributed by atoms with Gasteiger partial charge in [0, 0.05) is 19.0 Å². The van der Waals surface area contributed by atoms with Gasteiger partial charge in [0.1, 0.15) is 0 Å². The Bertz CT molecular complexity index is 198. The molecule has 3 N–H and O–H groups in total. The molecule has 0 saturated heterocycles. The number of nitrogens with one attached hydrogen (secondary N) is 1. The van der Waals surface area contributed by atoms with Gasteiger partial charge in [0.25, 0.3) is 0 Å². The Labute approximate surface area is 99.2 Å². The van der Waals surface area contributed by atoms with E-state index in [2.05, 4.69) is 5.32 Å². The van der Waals surface area contributed by atoms with Crippen molar-refractivity contribution in [3.05, 3.63) is 0 Å². The summed E-state index contributed by atoms with van der Waals surface area (Å²) < 4.78 is 0. The second-order valence-corrected chi connectivity index (χ2v) is 5.16. The molecule has 1 unspecified atom stereocenters. The van der Waals surface area contributed by atoms with Gasteiger partial charge in [-0.15, -0.1) is 0 Å². The lowest BCUT2D eigenvalue weighted by molar-refractivity contribution is -0.121. The molecular formula is C13H26N2O. The first-order valence-corrected chi connectivity index (χ1v) is 6.70. The number of nitrogens with two attached hydrogens (primary N) is 1. The monoisotopic (exact) mass is 226 g/mol. The van der Waals surface area contributed by atoms with Gasteiger partial charge in [0.15, 0.2) is 0 Å². The van der Waals surface area contributed by atoms with Crippen molar-refractivity contribution >= 4 is 5.91 Å². The largest absolute Gasteiger partial charge is 0.356 e. The average molecular weight is 226 g/mol. The highest BCUT2D eigenvalue weighted by Crippen LogP contribution is 2.28. The normalized spacial score (nSPS) is 18.6. The minimum Gasteiger partial charge on any atom is -0.356 e. The van der Waals surface area contributed by atoms with Crippen LogP contribution in [0, 0.1) is 5.92 Å². The Morgan fingerprint density at radius 2 is 2.12 bits per heavy atom. The molecule has 0 aromatic carbocycles. The Hall–Kier alpha value is -0.570. The molecule has 1 aliphatic carbocycles. The van der Waals surface area contributed by atoms with Gasteiger partial charge in [-0.2, -0.15) is 0 Å². The number of carbonyl (C=O) groups excluding carboxylic acids is 1. The van der Waals surface area contributed by atoms with Crippen molar-refractivity contribution in [3.63, 3.8) is 0 Å². The fourth-order valence-corrected chi connectivity index (χ4v) is 2.37. The quantitative estimate of drug-likeness (QED) is 0.654. The van der Waals surface area contributed by atoms with Gasteiger partial charge in [-0.1, -0.05) is 25.7 Å². The van der Waals surface area contributed by atoms with E-state index in [9.17, 15) is 4.79 Å². The van der Waals surface area contributed by atoms with E-state index < -0.39 is 0 Å². The van der Waals surface area contributed by atoms with Crippen LogP contribution in [-0.2, 0) is 4.79 Å². The molecule has 0 radical (unpaired) electrons. The summed E-state index contributed by atoms with van der Waals surface area (Å²) in [6, 6.07) is 0.246. The highest BCUT2D eigenvalue weighted by atomic mass is 16.1. The zero-order valence-electron chi connectivity index (χ0n) is 10.5. The summed E-state index contributed by atoms with van der Waals surface area (Å²) >= 11 is 0. The molecule has 1 rings (SSSR count). The molecule has 1 saturated carbocycles. The molecule has 0 aromatic rings. The molecule has 1 amide bonds. The molecule has 1 fully saturated rings. The number of carbonyl (C=O) groups is 1. The SMILES string of the molecule is CC(N)CCCNC(=O)CCC1CCCC1. The molecule has 1 atom stereocenters. The standard InChI is InChI=1S/C13H26N2O/c1-11(14)5-4-10-15-13(16)9-8-12-6-2-3-7-12/h11-12H,2-10,14H2,1H3,(H,15,16). The molecule has 94 valence electrons. The van der Waals surface area contributed by atoms with Gasteiger partial charge < -0.3 is 11.1 Å². The van der Waals surface area contributed by atoms with E-state index in [4.69, 9.17) is 5.73 Å². The zero-order chi connectivity index (χ0) is 11.8. The summed E-state index contributed by atoms with van der Waals surface area (Å²) in [6.07, 6.45) is 9.16. The summed E-state index contributed by atoms with van der Waals surface area (Å²) in [5.41, 5.74) is 5.64. The van der Waals surface area contributed by atoms with Crippen molar-refractivity contribution in [2.75, 3.05) is 6.54 Å². The van der Waals surface area contributed by atoms with Crippen LogP contribution in [0.2, 0.25) is 0 Å². The summed E-state index contributed by atoms with van der Waals surface area (Å²) in [6.45, 7) is 2.78. The first-order valence-electron chi connectivity index (χ1n) is 6.70. The highest BCUT2D eigenvalue weighted by Gasteiger charge is 2.15. The van der Waals surface area contributed by atoms with Crippen molar-refractivity contribution in [3.8, 4) is 0 Å². The predicted octanol–water partition coefficient (Wildman–Crippen LogP) is 2.20. The maximum absolute atomic E-state index is 11.5. The summed E-state index contributed by atoms with van der Waals surface area (Å²) in [5.74, 6) is 1.03. The minimum atomic E-state index is 0.219. The van der Waals surface area contributed by atoms with E-state index in [1.807, 2.05) is 6.92 Å². The Morgan fingerprint density at radius 1 is 1.44 bits per heavy atom. The van der Waals surface area contributed by atoms with Crippen LogP contribution in [0.25, 0.3) is 0 Å². The van der Waals surface area contributed by atoms with Crippen molar-refractivity contribution in [2.24, 2.45) is 11.7 Å². The summed E-state index contributed by atoms with van der Waals surface area (Å²) in [7, 11) is 0. The van der Waals surface area contributed by atoms with Gasteiger partial charge in [-0.3, -0.25) is 4.79 Å². The Balaban J connectivity index is 1.94. The van der Waals surface area contributed by atoms with Crippen LogP contribution in [0.4, 0.5) is 0 Å². The Kier molecular flexibility index (Phi) is 6.46. The molecule has 0 bridgehead atoms. The van der Waals surface area contributed by atoms with E-state index >= 15 is 0 Å². The Morgan fingerprint density at radius 3 is 2.75 bits per heavy atom. The predicted molar refractivity (Wildman–Crippen MR) is 67.1 cm³/mol. The third-order valence-electron chi connectivity index (χ3n) is 3.41. The lowest BCUT2D eigenvalue weighted by atomic mass is 10.0. The molecule has 0 heterocycles. The van der Waals surface area contributed by atoms with Crippen molar-refractivity contribution in [1.82, 2.24) is 5.32 Å². The van der Waals surface area contributed by atoms with Gasteiger partial charge >= 0.3 is 0 Å². The van der Waals surface area contributed by atoms with Crippen molar-refractivity contribution in [2.45, 2.75) is 64.3 Å². The summed E-state index contributed by atoms with van der Waals surface area (Å²) in [4.78, 5) is 11.5. The second kappa shape index (κ2) is 7.66. The third kappa shape index (κ3) is 6.11. The molecule has 3 nitrogen and oxygen atoms in total. The second-order valence-electron chi connectivity index (χ2n) is 5.16. The molecule has 0 spiro atoms. The van der Waals surface area contributed by atoms with Gasteiger partial charge in [-0.05, 0) is 32.1 Å². The molecule has 16 heavy (non-hydrogen) atoms. The molecular weight excluding hydrogens is 200 g/mol. The van der Waals surface area contributed by atoms with Crippen LogP contribution in [0.15, 0.2) is 0 Å². The molecule has 0 aromatic heterocycles. The fraction of sp³-hybridized carbons (Fsp3) is 0.923. The van der Waals surface area contributed by atoms with Crippen LogP contribution in [-0.4, -0.2) is 18.5 Å². The van der Waals surface area contributed by atoms with Crippen LogP contribution < -0.4 is 11.1 Å². The van der Waals surface area contributed by atoms with Gasteiger partial charge in [0.05, 0.1) is 0 Å². The first kappa shape index (κ1) is 13.5. The van der Waals surface area contributed by atoms with E-state index in [0.717, 1.165) is 31.7 Å². The van der Waals surface area contributed by atoms with Crippen LogP contribution in [0.3, 0.4) is 0 Å².